The van der Waals surface area contributed by atoms with Crippen molar-refractivity contribution in [2.75, 3.05) is 25.1 Å². The number of nitrogens with zero attached hydrogens (tertiary/aromatic N) is 5. The molecule has 4 heterocycles. The van der Waals surface area contributed by atoms with E-state index in [1.807, 2.05) is 7.05 Å². The molecule has 6 nitrogen and oxygen atoms in total. The summed E-state index contributed by atoms with van der Waals surface area (Å²) in [6.45, 7) is 1.37. The van der Waals surface area contributed by atoms with Gasteiger partial charge in [-0.3, -0.25) is 0 Å². The first-order valence-electron chi connectivity index (χ1n) is 10.6. The summed E-state index contributed by atoms with van der Waals surface area (Å²) >= 11 is 7.81. The molecule has 1 saturated carbocycles. The predicted molar refractivity (Wildman–Crippen MR) is 121 cm³/mol. The number of rotatable bonds is 1. The first-order chi connectivity index (χ1) is 15.8. The van der Waals surface area contributed by atoms with E-state index < -0.39 is 11.7 Å². The number of benzene rings is 1. The standard InChI is InChI=1S/C22H19ClF3N5OS/c1-30-10-21(7-2-3-8-21)11-32-17-16(30)18(23)29-31-19(27-28-20(17)31)15-9-12-13(22(24,25)26)5-4-6-14(12)33-15/h4-6,9H,2-3,7-8,10-11H2,1H3. The van der Waals surface area contributed by atoms with E-state index in [0.717, 1.165) is 25.5 Å². The van der Waals surface area contributed by atoms with Crippen molar-refractivity contribution in [3.05, 3.63) is 35.0 Å². The molecule has 172 valence electrons. The van der Waals surface area contributed by atoms with Crippen molar-refractivity contribution in [2.24, 2.45) is 5.41 Å². The number of halogens is 4. The molecule has 0 N–H and O–H groups in total. The van der Waals surface area contributed by atoms with Gasteiger partial charge in [-0.1, -0.05) is 30.5 Å². The molecule has 1 aliphatic carbocycles. The third-order valence-electron chi connectivity index (χ3n) is 6.67. The molecule has 11 heteroatoms. The SMILES string of the molecule is CN1CC2(CCCC2)COc2c1c(Cl)nn1c(-c3cc4c(C(F)(F)F)cccc4s3)nnc21. The Morgan fingerprint density at radius 3 is 2.73 bits per heavy atom. The van der Waals surface area contributed by atoms with Crippen LogP contribution < -0.4 is 9.64 Å². The summed E-state index contributed by atoms with van der Waals surface area (Å²) in [5, 5.41) is 13.4. The van der Waals surface area contributed by atoms with Gasteiger partial charge in [0.1, 0.15) is 5.69 Å². The van der Waals surface area contributed by atoms with Gasteiger partial charge in [0.15, 0.2) is 16.7 Å². The fraction of sp³-hybridized carbons (Fsp3) is 0.409. The van der Waals surface area contributed by atoms with Crippen LogP contribution in [0.25, 0.3) is 26.4 Å². The van der Waals surface area contributed by atoms with E-state index >= 15 is 0 Å². The van der Waals surface area contributed by atoms with Gasteiger partial charge in [-0.25, -0.2) is 0 Å². The van der Waals surface area contributed by atoms with Crippen molar-refractivity contribution in [3.8, 4) is 16.5 Å². The maximum Gasteiger partial charge on any atom is 0.417 e. The first-order valence-corrected chi connectivity index (χ1v) is 11.8. The van der Waals surface area contributed by atoms with Gasteiger partial charge >= 0.3 is 6.18 Å². The predicted octanol–water partition coefficient (Wildman–Crippen LogP) is 6.07. The summed E-state index contributed by atoms with van der Waals surface area (Å²) in [7, 11) is 1.97. The van der Waals surface area contributed by atoms with Gasteiger partial charge in [0.2, 0.25) is 5.65 Å². The van der Waals surface area contributed by atoms with E-state index in [-0.39, 0.29) is 16.0 Å². The van der Waals surface area contributed by atoms with Crippen LogP contribution in [0.1, 0.15) is 31.2 Å². The normalized spacial score (nSPS) is 18.2. The minimum atomic E-state index is -4.45. The number of anilines is 1. The highest BCUT2D eigenvalue weighted by Crippen LogP contribution is 2.47. The minimum Gasteiger partial charge on any atom is -0.487 e. The van der Waals surface area contributed by atoms with Crippen molar-refractivity contribution < 1.29 is 17.9 Å². The molecule has 0 bridgehead atoms. The smallest absolute Gasteiger partial charge is 0.417 e. The lowest BCUT2D eigenvalue weighted by atomic mass is 9.87. The highest BCUT2D eigenvalue weighted by molar-refractivity contribution is 7.22. The number of thiophene rings is 1. The zero-order valence-corrected chi connectivity index (χ0v) is 19.2. The molecule has 0 amide bonds. The molecule has 2 aliphatic rings. The van der Waals surface area contributed by atoms with Gasteiger partial charge in [-0.2, -0.15) is 17.7 Å². The van der Waals surface area contributed by atoms with Crippen LogP contribution in [0.15, 0.2) is 24.3 Å². The van der Waals surface area contributed by atoms with Crippen LogP contribution in [-0.2, 0) is 6.18 Å². The van der Waals surface area contributed by atoms with E-state index in [1.165, 1.54) is 40.8 Å². The van der Waals surface area contributed by atoms with Crippen molar-refractivity contribution in [1.29, 1.82) is 0 Å². The van der Waals surface area contributed by atoms with Crippen molar-refractivity contribution >= 4 is 44.4 Å². The third kappa shape index (κ3) is 3.25. The quantitative estimate of drug-likeness (QED) is 0.322. The van der Waals surface area contributed by atoms with E-state index in [9.17, 15) is 13.2 Å². The first kappa shape index (κ1) is 21.0. The summed E-state index contributed by atoms with van der Waals surface area (Å²) in [4.78, 5) is 2.60. The zero-order valence-electron chi connectivity index (χ0n) is 17.6. The number of hydrogen-bond acceptors (Lipinski definition) is 6. The van der Waals surface area contributed by atoms with Gasteiger partial charge in [0, 0.05) is 29.1 Å². The van der Waals surface area contributed by atoms with E-state index in [2.05, 4.69) is 20.2 Å². The van der Waals surface area contributed by atoms with E-state index in [0.29, 0.717) is 39.1 Å². The van der Waals surface area contributed by atoms with E-state index in [1.54, 1.807) is 6.07 Å². The van der Waals surface area contributed by atoms with Crippen molar-refractivity contribution in [3.63, 3.8) is 0 Å². The lowest BCUT2D eigenvalue weighted by Gasteiger charge is -2.30. The fourth-order valence-corrected chi connectivity index (χ4v) is 6.53. The average molecular weight is 494 g/mol. The minimum absolute atomic E-state index is 0.0659. The Kier molecular flexibility index (Phi) is 4.58. The molecular weight excluding hydrogens is 475 g/mol. The number of fused-ring (bicyclic) bond motifs is 4. The molecule has 0 saturated heterocycles. The Hall–Kier alpha value is -2.59. The fourth-order valence-electron chi connectivity index (χ4n) is 5.17. The highest BCUT2D eigenvalue weighted by atomic mass is 35.5. The largest absolute Gasteiger partial charge is 0.487 e. The molecule has 3 aromatic heterocycles. The number of hydrogen-bond donors (Lipinski definition) is 0. The maximum atomic E-state index is 13.5. The Labute approximate surface area is 195 Å². The van der Waals surface area contributed by atoms with Crippen LogP contribution in [0.2, 0.25) is 5.15 Å². The average Bonchev–Trinajstić information content (AvgIpc) is 3.46. The van der Waals surface area contributed by atoms with Crippen molar-refractivity contribution in [1.82, 2.24) is 19.8 Å². The van der Waals surface area contributed by atoms with Crippen LogP contribution in [0, 0.1) is 5.41 Å². The van der Waals surface area contributed by atoms with Crippen LogP contribution in [0.5, 0.6) is 5.75 Å². The Morgan fingerprint density at radius 1 is 1.18 bits per heavy atom. The second kappa shape index (κ2) is 7.20. The Bertz CT molecular complexity index is 1390. The summed E-state index contributed by atoms with van der Waals surface area (Å²) in [6.07, 6.45) is 0.0891. The number of alkyl halides is 3. The van der Waals surface area contributed by atoms with Gasteiger partial charge in [-0.15, -0.1) is 26.6 Å². The van der Waals surface area contributed by atoms with Gasteiger partial charge in [0.05, 0.1) is 17.0 Å². The molecule has 1 aromatic carbocycles. The summed E-state index contributed by atoms with van der Waals surface area (Å²) in [6, 6.07) is 5.64. The molecule has 33 heavy (non-hydrogen) atoms. The molecule has 0 atom stereocenters. The molecule has 0 radical (unpaired) electrons. The molecule has 1 fully saturated rings. The molecule has 6 rings (SSSR count). The Balaban J connectivity index is 1.50. The number of aromatic nitrogens is 4. The molecule has 4 aromatic rings. The molecule has 1 aliphatic heterocycles. The van der Waals surface area contributed by atoms with Gasteiger partial charge < -0.3 is 9.64 Å². The van der Waals surface area contributed by atoms with Crippen LogP contribution in [0.4, 0.5) is 18.9 Å². The highest BCUT2D eigenvalue weighted by Gasteiger charge is 2.40. The molecular formula is C22H19ClF3N5OS. The second-order valence-corrected chi connectivity index (χ2v) is 10.3. The molecule has 0 unspecified atom stereocenters. The summed E-state index contributed by atoms with van der Waals surface area (Å²) < 4.78 is 48.7. The molecule has 1 spiro atoms. The van der Waals surface area contributed by atoms with E-state index in [4.69, 9.17) is 16.3 Å². The summed E-state index contributed by atoms with van der Waals surface area (Å²) in [5.74, 6) is 0.840. The number of ether oxygens (including phenoxy) is 1. The Morgan fingerprint density at radius 2 is 1.97 bits per heavy atom. The lowest BCUT2D eigenvalue weighted by molar-refractivity contribution is -0.136. The lowest BCUT2D eigenvalue weighted by Crippen LogP contribution is -2.35. The van der Waals surface area contributed by atoms with Crippen LogP contribution in [-0.4, -0.2) is 40.0 Å². The summed E-state index contributed by atoms with van der Waals surface area (Å²) in [5.41, 5.74) is 0.460. The zero-order chi connectivity index (χ0) is 23.0. The monoisotopic (exact) mass is 493 g/mol. The van der Waals surface area contributed by atoms with Gasteiger partial charge in [0.25, 0.3) is 0 Å². The second-order valence-electron chi connectivity index (χ2n) is 8.91. The van der Waals surface area contributed by atoms with Crippen molar-refractivity contribution in [2.45, 2.75) is 31.9 Å². The van der Waals surface area contributed by atoms with Crippen LogP contribution >= 0.6 is 22.9 Å². The van der Waals surface area contributed by atoms with Crippen LogP contribution in [0.3, 0.4) is 0 Å². The van der Waals surface area contributed by atoms with Gasteiger partial charge in [-0.05, 0) is 31.0 Å². The maximum absolute atomic E-state index is 13.5. The third-order valence-corrected chi connectivity index (χ3v) is 8.02. The topological polar surface area (TPSA) is 55.5 Å².